The van der Waals surface area contributed by atoms with Crippen molar-refractivity contribution >= 4 is 46.3 Å². The molecule has 1 aliphatic heterocycles. The van der Waals surface area contributed by atoms with Gasteiger partial charge >= 0.3 is 5.97 Å². The number of hydrogen-bond acceptors (Lipinski definition) is 6. The number of nitrogens with zero attached hydrogens (tertiary/aromatic N) is 1. The highest BCUT2D eigenvalue weighted by Gasteiger charge is 2.38. The lowest BCUT2D eigenvalue weighted by Gasteiger charge is -2.21. The summed E-state index contributed by atoms with van der Waals surface area (Å²) in [6.07, 6.45) is 6.05. The second-order valence-electron chi connectivity index (χ2n) is 6.08. The number of carboxylic acid groups (broad SMARTS) is 1. The number of thioether (sulfide) groups is 1. The van der Waals surface area contributed by atoms with Crippen LogP contribution in [-0.2, 0) is 9.59 Å². The van der Waals surface area contributed by atoms with E-state index in [9.17, 15) is 9.59 Å². The van der Waals surface area contributed by atoms with Crippen molar-refractivity contribution in [3.63, 3.8) is 0 Å². The van der Waals surface area contributed by atoms with Crippen LogP contribution in [0.3, 0.4) is 0 Å². The molecule has 3 rings (SSSR count). The van der Waals surface area contributed by atoms with Crippen LogP contribution in [0, 0.1) is 0 Å². The van der Waals surface area contributed by atoms with E-state index >= 15 is 0 Å². The minimum atomic E-state index is -1.06. The second kappa shape index (κ2) is 8.09. The summed E-state index contributed by atoms with van der Waals surface area (Å²) in [5.74, 6) is -0.361. The minimum absolute atomic E-state index is 0.0444. The first kappa shape index (κ1) is 18.7. The number of methoxy groups -OCH3 is 1. The van der Waals surface area contributed by atoms with Gasteiger partial charge in [-0.05, 0) is 36.6 Å². The predicted molar refractivity (Wildman–Crippen MR) is 103 cm³/mol. The van der Waals surface area contributed by atoms with Crippen LogP contribution >= 0.6 is 24.0 Å². The molecule has 1 saturated heterocycles. The standard InChI is InChI=1S/C18H19NO5S2/c1-23-14-8-11(6-7-13(14)24-10-16(20)21)9-15-17(22)19(18(25)26-15)12-4-2-3-5-12/h6-9,12H,2-5,10H2,1H3,(H,20,21)/b15-9+. The molecule has 1 N–H and O–H groups in total. The van der Waals surface area contributed by atoms with Crippen molar-refractivity contribution in [1.29, 1.82) is 0 Å². The van der Waals surface area contributed by atoms with Crippen molar-refractivity contribution in [1.82, 2.24) is 4.90 Å². The molecule has 1 saturated carbocycles. The highest BCUT2D eigenvalue weighted by Crippen LogP contribution is 2.38. The van der Waals surface area contributed by atoms with Gasteiger partial charge in [0.25, 0.3) is 5.91 Å². The van der Waals surface area contributed by atoms with Crippen LogP contribution in [0.1, 0.15) is 31.2 Å². The van der Waals surface area contributed by atoms with Gasteiger partial charge in [0.2, 0.25) is 0 Å². The Morgan fingerprint density at radius 2 is 2.12 bits per heavy atom. The first-order chi connectivity index (χ1) is 12.5. The molecule has 8 heteroatoms. The Hall–Kier alpha value is -2.06. The number of benzene rings is 1. The molecule has 1 heterocycles. The van der Waals surface area contributed by atoms with Crippen molar-refractivity contribution in [3.8, 4) is 11.5 Å². The Morgan fingerprint density at radius 1 is 1.38 bits per heavy atom. The number of hydrogen-bond donors (Lipinski definition) is 1. The average Bonchev–Trinajstić information content (AvgIpc) is 3.22. The van der Waals surface area contributed by atoms with Gasteiger partial charge < -0.3 is 14.6 Å². The zero-order valence-electron chi connectivity index (χ0n) is 14.3. The molecule has 2 fully saturated rings. The molecule has 1 aromatic rings. The lowest BCUT2D eigenvalue weighted by Crippen LogP contribution is -2.36. The largest absolute Gasteiger partial charge is 0.493 e. The molecular formula is C18H19NO5S2. The Morgan fingerprint density at radius 3 is 2.77 bits per heavy atom. The average molecular weight is 393 g/mol. The van der Waals surface area contributed by atoms with Crippen molar-refractivity contribution in [2.24, 2.45) is 0 Å². The Kier molecular flexibility index (Phi) is 5.83. The lowest BCUT2D eigenvalue weighted by atomic mass is 10.1. The van der Waals surface area contributed by atoms with Gasteiger partial charge in [-0.2, -0.15) is 0 Å². The summed E-state index contributed by atoms with van der Waals surface area (Å²) >= 11 is 6.72. The fraction of sp³-hybridized carbons (Fsp3) is 0.389. The highest BCUT2D eigenvalue weighted by molar-refractivity contribution is 8.26. The Balaban J connectivity index is 1.80. The Bertz CT molecular complexity index is 771. The number of ether oxygens (including phenoxy) is 2. The van der Waals surface area contributed by atoms with Crippen molar-refractivity contribution < 1.29 is 24.2 Å². The van der Waals surface area contributed by atoms with Crippen LogP contribution in [0.4, 0.5) is 0 Å². The van der Waals surface area contributed by atoms with E-state index in [0.29, 0.717) is 20.7 Å². The molecule has 1 aromatic carbocycles. The van der Waals surface area contributed by atoms with Crippen LogP contribution < -0.4 is 9.47 Å². The van der Waals surface area contributed by atoms with Gasteiger partial charge in [-0.25, -0.2) is 4.79 Å². The van der Waals surface area contributed by atoms with Gasteiger partial charge in [0, 0.05) is 6.04 Å². The number of carboxylic acids is 1. The maximum atomic E-state index is 12.7. The van der Waals surface area contributed by atoms with E-state index in [0.717, 1.165) is 31.2 Å². The number of rotatable bonds is 6. The summed E-state index contributed by atoms with van der Waals surface area (Å²) < 4.78 is 11.1. The minimum Gasteiger partial charge on any atom is -0.493 e. The third-order valence-corrected chi connectivity index (χ3v) is 5.68. The third-order valence-electron chi connectivity index (χ3n) is 4.35. The fourth-order valence-corrected chi connectivity index (χ4v) is 4.54. The molecule has 6 nitrogen and oxygen atoms in total. The predicted octanol–water partition coefficient (Wildman–Crippen LogP) is 3.30. The summed E-state index contributed by atoms with van der Waals surface area (Å²) in [5.41, 5.74) is 0.761. The number of carbonyl (C=O) groups is 2. The maximum absolute atomic E-state index is 12.7. The maximum Gasteiger partial charge on any atom is 0.341 e. The number of aliphatic carboxylic acids is 1. The zero-order chi connectivity index (χ0) is 18.7. The third kappa shape index (κ3) is 4.02. The van der Waals surface area contributed by atoms with Gasteiger partial charge in [-0.15, -0.1) is 0 Å². The molecule has 1 aliphatic carbocycles. The van der Waals surface area contributed by atoms with Gasteiger partial charge in [0.05, 0.1) is 12.0 Å². The normalized spacial score (nSPS) is 19.4. The van der Waals surface area contributed by atoms with Gasteiger partial charge in [-0.3, -0.25) is 9.69 Å². The molecule has 26 heavy (non-hydrogen) atoms. The highest BCUT2D eigenvalue weighted by atomic mass is 32.2. The van der Waals surface area contributed by atoms with E-state index in [4.69, 9.17) is 26.8 Å². The fourth-order valence-electron chi connectivity index (χ4n) is 3.14. The Labute approximate surface area is 161 Å². The molecule has 0 unspecified atom stereocenters. The van der Waals surface area contributed by atoms with Crippen LogP contribution in [0.5, 0.6) is 11.5 Å². The quantitative estimate of drug-likeness (QED) is 0.587. The van der Waals surface area contributed by atoms with Crippen molar-refractivity contribution in [2.45, 2.75) is 31.7 Å². The lowest BCUT2D eigenvalue weighted by molar-refractivity contribution is -0.139. The molecule has 0 aromatic heterocycles. The molecular weight excluding hydrogens is 374 g/mol. The zero-order valence-corrected chi connectivity index (χ0v) is 15.9. The molecule has 0 radical (unpaired) electrons. The molecule has 0 bridgehead atoms. The topological polar surface area (TPSA) is 76.1 Å². The SMILES string of the molecule is COc1cc(/C=C2/SC(=S)N(C3CCCC3)C2=O)ccc1OCC(=O)O. The van der Waals surface area contributed by atoms with Crippen LogP contribution in [0.25, 0.3) is 6.08 Å². The van der Waals surface area contributed by atoms with Gasteiger partial charge in [0.1, 0.15) is 4.32 Å². The number of carbonyl (C=O) groups excluding carboxylic acids is 1. The van der Waals surface area contributed by atoms with Gasteiger partial charge in [0.15, 0.2) is 18.1 Å². The van der Waals surface area contributed by atoms with Crippen LogP contribution in [0.15, 0.2) is 23.1 Å². The van der Waals surface area contributed by atoms with E-state index in [1.165, 1.54) is 18.9 Å². The summed E-state index contributed by atoms with van der Waals surface area (Å²) in [6.45, 7) is -0.449. The molecule has 0 atom stereocenters. The second-order valence-corrected chi connectivity index (χ2v) is 7.76. The summed E-state index contributed by atoms with van der Waals surface area (Å²) in [6, 6.07) is 5.31. The first-order valence-electron chi connectivity index (χ1n) is 8.29. The van der Waals surface area contributed by atoms with E-state index < -0.39 is 12.6 Å². The first-order valence-corrected chi connectivity index (χ1v) is 9.51. The summed E-state index contributed by atoms with van der Waals surface area (Å²) in [4.78, 5) is 25.7. The summed E-state index contributed by atoms with van der Waals surface area (Å²) in [5, 5.41) is 8.72. The molecule has 0 spiro atoms. The summed E-state index contributed by atoms with van der Waals surface area (Å²) in [7, 11) is 1.48. The van der Waals surface area contributed by atoms with Gasteiger partial charge in [-0.1, -0.05) is 42.9 Å². The molecule has 1 amide bonds. The van der Waals surface area contributed by atoms with E-state index in [-0.39, 0.29) is 11.9 Å². The van der Waals surface area contributed by atoms with Crippen molar-refractivity contribution in [3.05, 3.63) is 28.7 Å². The van der Waals surface area contributed by atoms with E-state index in [2.05, 4.69) is 0 Å². The smallest absolute Gasteiger partial charge is 0.341 e. The van der Waals surface area contributed by atoms with Crippen LogP contribution in [-0.4, -0.2) is 46.0 Å². The number of amides is 1. The van der Waals surface area contributed by atoms with Crippen LogP contribution in [0.2, 0.25) is 0 Å². The molecule has 138 valence electrons. The van der Waals surface area contributed by atoms with E-state index in [1.54, 1.807) is 29.2 Å². The monoisotopic (exact) mass is 393 g/mol. The van der Waals surface area contributed by atoms with Crippen molar-refractivity contribution in [2.75, 3.05) is 13.7 Å². The van der Waals surface area contributed by atoms with E-state index in [1.807, 2.05) is 0 Å². The number of thiocarbonyl (C=S) groups is 1. The molecule has 2 aliphatic rings.